The van der Waals surface area contributed by atoms with E-state index < -0.39 is 28.2 Å². The molecule has 2 heterocycles. The standard InChI is InChI=1S/C24H19N3O4S.C2HF3O2/c25-14-16-4-3-5-17(12-16)15-27-11-10-21(24(27)28)26-32(29,30)18-8-9-23-20(13-18)19-6-1-2-7-22(19)31-23;3-2(4,5)1(6)7/h1-9,12-13,21,26H,10-11,15H2;(H,6,7)/t21-;/m0./s1. The molecule has 0 unspecified atom stereocenters. The Bertz CT molecular complexity index is 1710. The number of aliphatic carboxylic acids is 1. The predicted molar refractivity (Wildman–Crippen MR) is 133 cm³/mol. The number of carbonyl (C=O) groups is 2. The molecule has 0 saturated carbocycles. The van der Waals surface area contributed by atoms with Crippen molar-refractivity contribution in [3.63, 3.8) is 0 Å². The van der Waals surface area contributed by atoms with Gasteiger partial charge in [0.2, 0.25) is 15.9 Å². The van der Waals surface area contributed by atoms with Gasteiger partial charge < -0.3 is 14.4 Å². The SMILES string of the molecule is N#Cc1cccc(CN2CC[C@H](NS(=O)(=O)c3ccc4oc5ccccc5c4c3)C2=O)c1.O=C(O)C(F)(F)F. The molecule has 1 atom stereocenters. The molecule has 1 saturated heterocycles. The van der Waals surface area contributed by atoms with Crippen molar-refractivity contribution in [2.24, 2.45) is 0 Å². The number of likely N-dealkylation sites (tertiary alicyclic amines) is 1. The summed E-state index contributed by atoms with van der Waals surface area (Å²) in [6.07, 6.45) is -4.70. The Balaban J connectivity index is 0.000000448. The van der Waals surface area contributed by atoms with Crippen molar-refractivity contribution in [2.75, 3.05) is 6.54 Å². The predicted octanol–water partition coefficient (Wildman–Crippen LogP) is 4.17. The number of alkyl halides is 3. The van der Waals surface area contributed by atoms with Gasteiger partial charge in [0.05, 0.1) is 16.5 Å². The smallest absolute Gasteiger partial charge is 0.475 e. The van der Waals surface area contributed by atoms with Gasteiger partial charge in [-0.25, -0.2) is 13.2 Å². The minimum atomic E-state index is -5.08. The summed E-state index contributed by atoms with van der Waals surface area (Å²) in [6.45, 7) is 0.772. The highest BCUT2D eigenvalue weighted by Crippen LogP contribution is 2.30. The number of rotatable bonds is 5. The number of nitrogens with one attached hydrogen (secondary N) is 1. The summed E-state index contributed by atoms with van der Waals surface area (Å²) in [4.78, 5) is 23.4. The van der Waals surface area contributed by atoms with Crippen LogP contribution in [0.3, 0.4) is 0 Å². The van der Waals surface area contributed by atoms with Crippen LogP contribution in [0, 0.1) is 11.3 Å². The van der Waals surface area contributed by atoms with Crippen LogP contribution in [0.1, 0.15) is 17.5 Å². The van der Waals surface area contributed by atoms with Crippen molar-refractivity contribution in [3.05, 3.63) is 77.9 Å². The summed E-state index contributed by atoms with van der Waals surface area (Å²) in [5, 5.41) is 17.7. The van der Waals surface area contributed by atoms with E-state index in [-0.39, 0.29) is 10.8 Å². The van der Waals surface area contributed by atoms with Gasteiger partial charge in [-0.15, -0.1) is 0 Å². The molecular formula is C26H20F3N3O6S. The van der Waals surface area contributed by atoms with Crippen LogP contribution in [0.2, 0.25) is 0 Å². The molecule has 1 fully saturated rings. The van der Waals surface area contributed by atoms with E-state index in [0.717, 1.165) is 10.9 Å². The maximum Gasteiger partial charge on any atom is 0.490 e. The maximum atomic E-state index is 13.0. The van der Waals surface area contributed by atoms with Crippen LogP contribution in [0.15, 0.2) is 76.0 Å². The summed E-state index contributed by atoms with van der Waals surface area (Å²) < 4.78 is 66.1. The third kappa shape index (κ3) is 6.19. The fourth-order valence-corrected chi connectivity index (χ4v) is 5.34. The third-order valence-corrected chi connectivity index (χ3v) is 7.39. The average molecular weight is 560 g/mol. The molecule has 5 rings (SSSR count). The van der Waals surface area contributed by atoms with E-state index in [2.05, 4.69) is 10.8 Å². The largest absolute Gasteiger partial charge is 0.490 e. The number of carboxylic acid groups (broad SMARTS) is 1. The van der Waals surface area contributed by atoms with Gasteiger partial charge in [-0.05, 0) is 48.4 Å². The Kier molecular flexibility index (Phi) is 7.62. The highest BCUT2D eigenvalue weighted by Gasteiger charge is 2.38. The Morgan fingerprint density at radius 2 is 1.77 bits per heavy atom. The maximum absolute atomic E-state index is 13.0. The number of furan rings is 1. The van der Waals surface area contributed by atoms with Crippen molar-refractivity contribution in [1.82, 2.24) is 9.62 Å². The van der Waals surface area contributed by atoms with Gasteiger partial charge in [-0.1, -0.05) is 30.3 Å². The minimum absolute atomic E-state index is 0.0875. The summed E-state index contributed by atoms with van der Waals surface area (Å²) in [5.41, 5.74) is 2.65. The number of hydrogen-bond donors (Lipinski definition) is 2. The second-order valence-electron chi connectivity index (χ2n) is 8.59. The Morgan fingerprint density at radius 1 is 1.08 bits per heavy atom. The average Bonchev–Trinajstić information content (AvgIpc) is 3.43. The van der Waals surface area contributed by atoms with E-state index in [1.807, 2.05) is 30.3 Å². The quantitative estimate of drug-likeness (QED) is 0.374. The number of para-hydroxylation sites is 1. The highest BCUT2D eigenvalue weighted by molar-refractivity contribution is 7.89. The van der Waals surface area contributed by atoms with Gasteiger partial charge in [-0.2, -0.15) is 23.2 Å². The fourth-order valence-electron chi connectivity index (χ4n) is 4.09. The lowest BCUT2D eigenvalue weighted by Crippen LogP contribution is -2.41. The van der Waals surface area contributed by atoms with Crippen molar-refractivity contribution >= 4 is 43.8 Å². The fraction of sp³-hybridized carbons (Fsp3) is 0.192. The minimum Gasteiger partial charge on any atom is -0.475 e. The van der Waals surface area contributed by atoms with Crippen LogP contribution >= 0.6 is 0 Å². The van der Waals surface area contributed by atoms with Gasteiger partial charge in [-0.3, -0.25) is 4.79 Å². The first-order chi connectivity index (χ1) is 18.4. The van der Waals surface area contributed by atoms with Crippen LogP contribution in [0.4, 0.5) is 13.2 Å². The van der Waals surface area contributed by atoms with E-state index in [1.54, 1.807) is 35.2 Å². The van der Waals surface area contributed by atoms with E-state index >= 15 is 0 Å². The third-order valence-electron chi connectivity index (χ3n) is 5.93. The monoisotopic (exact) mass is 559 g/mol. The molecule has 9 nitrogen and oxygen atoms in total. The zero-order valence-electron chi connectivity index (χ0n) is 20.0. The van der Waals surface area contributed by atoms with Gasteiger partial charge in [0.25, 0.3) is 0 Å². The summed E-state index contributed by atoms with van der Waals surface area (Å²) >= 11 is 0. The molecule has 39 heavy (non-hydrogen) atoms. The van der Waals surface area contributed by atoms with Crippen LogP contribution < -0.4 is 4.72 Å². The number of halogens is 3. The Labute approximate surface area is 220 Å². The number of nitriles is 1. The molecule has 1 aliphatic rings. The number of carboxylic acids is 1. The molecule has 0 bridgehead atoms. The van der Waals surface area contributed by atoms with Crippen LogP contribution in [-0.4, -0.2) is 49.1 Å². The Hall–Kier alpha value is -4.41. The van der Waals surface area contributed by atoms with Gasteiger partial charge >= 0.3 is 12.1 Å². The second-order valence-corrected chi connectivity index (χ2v) is 10.3. The van der Waals surface area contributed by atoms with Crippen LogP contribution in [-0.2, 0) is 26.2 Å². The molecule has 0 radical (unpaired) electrons. The molecule has 13 heteroatoms. The molecule has 1 amide bonds. The lowest BCUT2D eigenvalue weighted by molar-refractivity contribution is -0.192. The topological polar surface area (TPSA) is 141 Å². The number of hydrogen-bond acceptors (Lipinski definition) is 6. The van der Waals surface area contributed by atoms with E-state index in [4.69, 9.17) is 19.6 Å². The molecular weight excluding hydrogens is 539 g/mol. The van der Waals surface area contributed by atoms with Crippen molar-refractivity contribution < 1.29 is 40.7 Å². The normalized spacial score (nSPS) is 15.7. The summed E-state index contributed by atoms with van der Waals surface area (Å²) in [7, 11) is -3.90. The van der Waals surface area contributed by atoms with Gasteiger partial charge in [0.15, 0.2) is 0 Å². The first-order valence-corrected chi connectivity index (χ1v) is 12.9. The van der Waals surface area contributed by atoms with E-state index in [0.29, 0.717) is 41.6 Å². The van der Waals surface area contributed by atoms with E-state index in [9.17, 15) is 26.4 Å². The number of amides is 1. The second kappa shape index (κ2) is 10.8. The van der Waals surface area contributed by atoms with Crippen LogP contribution in [0.5, 0.6) is 0 Å². The first-order valence-electron chi connectivity index (χ1n) is 11.4. The molecule has 4 aromatic rings. The molecule has 1 aromatic heterocycles. The lowest BCUT2D eigenvalue weighted by atomic mass is 10.1. The Morgan fingerprint density at radius 3 is 2.46 bits per heavy atom. The summed E-state index contributed by atoms with van der Waals surface area (Å²) in [5.74, 6) is -3.03. The van der Waals surface area contributed by atoms with Crippen molar-refractivity contribution in [2.45, 2.75) is 30.1 Å². The number of benzene rings is 3. The van der Waals surface area contributed by atoms with Gasteiger partial charge in [0.1, 0.15) is 17.2 Å². The number of fused-ring (bicyclic) bond motifs is 3. The first kappa shape index (κ1) is 27.6. The number of carbonyl (C=O) groups excluding carboxylic acids is 1. The highest BCUT2D eigenvalue weighted by atomic mass is 32.2. The molecule has 1 aliphatic heterocycles. The molecule has 2 N–H and O–H groups in total. The van der Waals surface area contributed by atoms with Gasteiger partial charge in [0, 0.05) is 23.9 Å². The number of nitrogens with zero attached hydrogens (tertiary/aromatic N) is 2. The van der Waals surface area contributed by atoms with Crippen molar-refractivity contribution in [1.29, 1.82) is 5.26 Å². The molecule has 0 spiro atoms. The van der Waals surface area contributed by atoms with Crippen molar-refractivity contribution in [3.8, 4) is 6.07 Å². The van der Waals surface area contributed by atoms with E-state index in [1.165, 1.54) is 6.07 Å². The number of sulfonamides is 1. The summed E-state index contributed by atoms with van der Waals surface area (Å²) in [6, 6.07) is 20.4. The molecule has 3 aromatic carbocycles. The molecule has 0 aliphatic carbocycles. The zero-order chi connectivity index (χ0) is 28.4. The molecule has 202 valence electrons. The lowest BCUT2D eigenvalue weighted by Gasteiger charge is -2.17. The zero-order valence-corrected chi connectivity index (χ0v) is 20.8. The van der Waals surface area contributed by atoms with Crippen LogP contribution in [0.25, 0.3) is 21.9 Å².